The number of nitrogens with one attached hydrogen (secondary N) is 1. The number of rotatable bonds is 6. The first-order valence-corrected chi connectivity index (χ1v) is 8.24. The summed E-state index contributed by atoms with van der Waals surface area (Å²) in [6.07, 6.45) is 5.44. The molecule has 1 atom stereocenters. The van der Waals surface area contributed by atoms with Crippen molar-refractivity contribution in [2.45, 2.75) is 71.6 Å². The lowest BCUT2D eigenvalue weighted by atomic mass is 9.99. The van der Waals surface area contributed by atoms with Crippen LogP contribution >= 0.6 is 0 Å². The lowest BCUT2D eigenvalue weighted by Gasteiger charge is -2.35. The minimum atomic E-state index is 0.547. The zero-order chi connectivity index (χ0) is 14.4. The van der Waals surface area contributed by atoms with Crippen molar-refractivity contribution in [2.75, 3.05) is 6.54 Å². The zero-order valence-corrected chi connectivity index (χ0v) is 13.4. The summed E-state index contributed by atoms with van der Waals surface area (Å²) in [5.74, 6) is 0. The van der Waals surface area contributed by atoms with E-state index in [-0.39, 0.29) is 0 Å². The number of piperidine rings is 1. The van der Waals surface area contributed by atoms with E-state index in [0.717, 1.165) is 19.1 Å². The predicted octanol–water partition coefficient (Wildman–Crippen LogP) is 3.95. The molecule has 1 aromatic carbocycles. The molecular weight excluding hydrogens is 244 g/mol. The van der Waals surface area contributed by atoms with Gasteiger partial charge in [0.15, 0.2) is 0 Å². The average molecular weight is 274 g/mol. The van der Waals surface area contributed by atoms with Crippen molar-refractivity contribution in [1.29, 1.82) is 0 Å². The molecule has 1 fully saturated rings. The molecular formula is C18H30N2. The first-order valence-electron chi connectivity index (χ1n) is 8.24. The SMILES string of the molecule is CCC1CCCCN1Cc1cccc(CNC(C)C)c1. The van der Waals surface area contributed by atoms with Crippen LogP contribution in [0.1, 0.15) is 57.6 Å². The van der Waals surface area contributed by atoms with Gasteiger partial charge in [-0.2, -0.15) is 0 Å². The quantitative estimate of drug-likeness (QED) is 0.845. The Morgan fingerprint density at radius 1 is 1.25 bits per heavy atom. The number of benzene rings is 1. The van der Waals surface area contributed by atoms with E-state index in [1.165, 1.54) is 43.4 Å². The van der Waals surface area contributed by atoms with Crippen LogP contribution in [-0.2, 0) is 13.1 Å². The molecule has 1 saturated heterocycles. The van der Waals surface area contributed by atoms with E-state index in [0.29, 0.717) is 6.04 Å². The summed E-state index contributed by atoms with van der Waals surface area (Å²) in [5, 5.41) is 3.50. The molecule has 20 heavy (non-hydrogen) atoms. The molecule has 1 aliphatic heterocycles. The summed E-state index contributed by atoms with van der Waals surface area (Å²) in [6.45, 7) is 10.1. The standard InChI is InChI=1S/C18H30N2/c1-4-18-10-5-6-11-20(18)14-17-9-7-8-16(12-17)13-19-15(2)3/h7-9,12,15,18-19H,4-6,10-11,13-14H2,1-3H3. The van der Waals surface area contributed by atoms with Gasteiger partial charge in [0, 0.05) is 25.2 Å². The van der Waals surface area contributed by atoms with Gasteiger partial charge in [0.2, 0.25) is 0 Å². The molecule has 1 heterocycles. The number of hydrogen-bond donors (Lipinski definition) is 1. The lowest BCUT2D eigenvalue weighted by molar-refractivity contribution is 0.136. The Balaban J connectivity index is 1.96. The van der Waals surface area contributed by atoms with Crippen LogP contribution in [0.5, 0.6) is 0 Å². The van der Waals surface area contributed by atoms with E-state index in [1.807, 2.05) is 0 Å². The fourth-order valence-corrected chi connectivity index (χ4v) is 3.12. The molecule has 0 aliphatic carbocycles. The fourth-order valence-electron chi connectivity index (χ4n) is 3.12. The van der Waals surface area contributed by atoms with Gasteiger partial charge in [-0.15, -0.1) is 0 Å². The molecule has 1 N–H and O–H groups in total. The van der Waals surface area contributed by atoms with Gasteiger partial charge in [-0.3, -0.25) is 4.90 Å². The van der Waals surface area contributed by atoms with Gasteiger partial charge in [-0.05, 0) is 36.9 Å². The van der Waals surface area contributed by atoms with E-state index in [2.05, 4.69) is 55.3 Å². The lowest BCUT2D eigenvalue weighted by Crippen LogP contribution is -2.38. The van der Waals surface area contributed by atoms with Crippen molar-refractivity contribution in [1.82, 2.24) is 10.2 Å². The smallest absolute Gasteiger partial charge is 0.0236 e. The highest BCUT2D eigenvalue weighted by atomic mass is 15.2. The Morgan fingerprint density at radius 3 is 2.80 bits per heavy atom. The van der Waals surface area contributed by atoms with E-state index < -0.39 is 0 Å². The monoisotopic (exact) mass is 274 g/mol. The van der Waals surface area contributed by atoms with Crippen molar-refractivity contribution in [3.05, 3.63) is 35.4 Å². The highest BCUT2D eigenvalue weighted by Crippen LogP contribution is 2.22. The minimum Gasteiger partial charge on any atom is -0.310 e. The molecule has 1 unspecified atom stereocenters. The first-order chi connectivity index (χ1) is 9.69. The number of hydrogen-bond acceptors (Lipinski definition) is 2. The van der Waals surface area contributed by atoms with Crippen LogP contribution in [0, 0.1) is 0 Å². The third kappa shape index (κ3) is 4.60. The van der Waals surface area contributed by atoms with E-state index in [9.17, 15) is 0 Å². The van der Waals surface area contributed by atoms with Crippen LogP contribution in [0.3, 0.4) is 0 Å². The van der Waals surface area contributed by atoms with Crippen LogP contribution in [0.4, 0.5) is 0 Å². The van der Waals surface area contributed by atoms with Gasteiger partial charge in [-0.25, -0.2) is 0 Å². The number of likely N-dealkylation sites (tertiary alicyclic amines) is 1. The predicted molar refractivity (Wildman–Crippen MR) is 86.8 cm³/mol. The van der Waals surface area contributed by atoms with Crippen LogP contribution in [-0.4, -0.2) is 23.5 Å². The molecule has 0 radical (unpaired) electrons. The molecule has 1 aromatic rings. The van der Waals surface area contributed by atoms with Gasteiger partial charge in [-0.1, -0.05) is 51.5 Å². The van der Waals surface area contributed by atoms with E-state index in [1.54, 1.807) is 0 Å². The highest BCUT2D eigenvalue weighted by molar-refractivity contribution is 5.23. The third-order valence-corrected chi connectivity index (χ3v) is 4.31. The van der Waals surface area contributed by atoms with Crippen molar-refractivity contribution >= 4 is 0 Å². The third-order valence-electron chi connectivity index (χ3n) is 4.31. The van der Waals surface area contributed by atoms with Gasteiger partial charge in [0.05, 0.1) is 0 Å². The van der Waals surface area contributed by atoms with Crippen molar-refractivity contribution < 1.29 is 0 Å². The van der Waals surface area contributed by atoms with Gasteiger partial charge < -0.3 is 5.32 Å². The minimum absolute atomic E-state index is 0.547. The second kappa shape index (κ2) is 7.80. The molecule has 1 aliphatic rings. The van der Waals surface area contributed by atoms with Gasteiger partial charge >= 0.3 is 0 Å². The molecule has 112 valence electrons. The topological polar surface area (TPSA) is 15.3 Å². The van der Waals surface area contributed by atoms with Gasteiger partial charge in [0.1, 0.15) is 0 Å². The Morgan fingerprint density at radius 2 is 2.05 bits per heavy atom. The van der Waals surface area contributed by atoms with E-state index >= 15 is 0 Å². The average Bonchev–Trinajstić information content (AvgIpc) is 2.46. The molecule has 0 aromatic heterocycles. The molecule has 0 saturated carbocycles. The maximum absolute atomic E-state index is 3.50. The summed E-state index contributed by atoms with van der Waals surface area (Å²) in [4.78, 5) is 2.68. The Hall–Kier alpha value is -0.860. The van der Waals surface area contributed by atoms with Crippen molar-refractivity contribution in [2.24, 2.45) is 0 Å². The molecule has 2 rings (SSSR count). The van der Waals surface area contributed by atoms with Crippen molar-refractivity contribution in [3.63, 3.8) is 0 Å². The van der Waals surface area contributed by atoms with Crippen LogP contribution in [0.15, 0.2) is 24.3 Å². The second-order valence-electron chi connectivity index (χ2n) is 6.38. The maximum atomic E-state index is 3.50. The Kier molecular flexibility index (Phi) is 6.06. The summed E-state index contributed by atoms with van der Waals surface area (Å²) < 4.78 is 0. The zero-order valence-electron chi connectivity index (χ0n) is 13.4. The second-order valence-corrected chi connectivity index (χ2v) is 6.38. The van der Waals surface area contributed by atoms with Crippen molar-refractivity contribution in [3.8, 4) is 0 Å². The van der Waals surface area contributed by atoms with E-state index in [4.69, 9.17) is 0 Å². The Labute approximate surface area is 124 Å². The maximum Gasteiger partial charge on any atom is 0.0236 e. The van der Waals surface area contributed by atoms with Crippen LogP contribution < -0.4 is 5.32 Å². The summed E-state index contributed by atoms with van der Waals surface area (Å²) >= 11 is 0. The van der Waals surface area contributed by atoms with Crippen LogP contribution in [0.2, 0.25) is 0 Å². The van der Waals surface area contributed by atoms with Gasteiger partial charge in [0.25, 0.3) is 0 Å². The summed E-state index contributed by atoms with van der Waals surface area (Å²) in [5.41, 5.74) is 2.87. The fraction of sp³-hybridized carbons (Fsp3) is 0.667. The molecule has 0 spiro atoms. The Bertz CT molecular complexity index is 400. The first kappa shape index (κ1) is 15.5. The molecule has 2 nitrogen and oxygen atoms in total. The molecule has 0 amide bonds. The highest BCUT2D eigenvalue weighted by Gasteiger charge is 2.20. The normalized spacial score (nSPS) is 20.5. The summed E-state index contributed by atoms with van der Waals surface area (Å²) in [6, 6.07) is 10.4. The van der Waals surface area contributed by atoms with Crippen LogP contribution in [0.25, 0.3) is 0 Å². The molecule has 0 bridgehead atoms. The number of nitrogens with zero attached hydrogens (tertiary/aromatic N) is 1. The summed E-state index contributed by atoms with van der Waals surface area (Å²) in [7, 11) is 0. The molecule has 2 heteroatoms. The largest absolute Gasteiger partial charge is 0.310 e.